The molecule has 134 valence electrons. The van der Waals surface area contributed by atoms with Crippen molar-refractivity contribution in [2.75, 3.05) is 13.1 Å². The maximum Gasteiger partial charge on any atom is 0.225 e. The molecule has 4 heteroatoms. The molecule has 2 saturated heterocycles. The maximum atomic E-state index is 12.7. The van der Waals surface area contributed by atoms with E-state index in [2.05, 4.69) is 21.9 Å². The number of nitrogens with zero attached hydrogens (tertiary/aromatic N) is 2. The number of piperidine rings is 1. The van der Waals surface area contributed by atoms with Crippen molar-refractivity contribution in [3.8, 4) is 0 Å². The van der Waals surface area contributed by atoms with E-state index in [9.17, 15) is 9.59 Å². The van der Waals surface area contributed by atoms with Crippen LogP contribution in [0.5, 0.6) is 0 Å². The lowest BCUT2D eigenvalue weighted by Gasteiger charge is -2.45. The van der Waals surface area contributed by atoms with Crippen LogP contribution in [0.1, 0.15) is 56.9 Å². The average molecular weight is 340 g/mol. The van der Waals surface area contributed by atoms with Gasteiger partial charge in [-0.25, -0.2) is 0 Å². The summed E-state index contributed by atoms with van der Waals surface area (Å²) in [7, 11) is 0. The minimum absolute atomic E-state index is 0.0284. The number of amides is 2. The Balaban J connectivity index is 1.43. The minimum atomic E-state index is -0.0284. The summed E-state index contributed by atoms with van der Waals surface area (Å²) >= 11 is 0. The summed E-state index contributed by atoms with van der Waals surface area (Å²) < 4.78 is 0. The second-order valence-corrected chi connectivity index (χ2v) is 8.00. The van der Waals surface area contributed by atoms with Gasteiger partial charge in [0.05, 0.1) is 0 Å². The second kappa shape index (κ2) is 6.81. The van der Waals surface area contributed by atoms with Crippen molar-refractivity contribution < 1.29 is 9.59 Å². The van der Waals surface area contributed by atoms with E-state index >= 15 is 0 Å². The quantitative estimate of drug-likeness (QED) is 0.846. The molecule has 2 aliphatic heterocycles. The van der Waals surface area contributed by atoms with E-state index in [-0.39, 0.29) is 17.4 Å². The summed E-state index contributed by atoms with van der Waals surface area (Å²) in [6, 6.07) is 10.3. The number of benzene rings is 1. The molecular weight excluding hydrogens is 312 g/mol. The Morgan fingerprint density at radius 3 is 2.40 bits per heavy atom. The fourth-order valence-corrected chi connectivity index (χ4v) is 4.99. The molecule has 3 fully saturated rings. The van der Waals surface area contributed by atoms with Gasteiger partial charge in [0.15, 0.2) is 0 Å². The van der Waals surface area contributed by atoms with Crippen LogP contribution < -0.4 is 0 Å². The predicted molar refractivity (Wildman–Crippen MR) is 96.7 cm³/mol. The molecule has 1 aliphatic carbocycles. The van der Waals surface area contributed by atoms with Crippen LogP contribution in [0.15, 0.2) is 30.3 Å². The Hall–Kier alpha value is -1.84. The minimum Gasteiger partial charge on any atom is -0.342 e. The molecular formula is C21H28N2O2. The molecule has 0 N–H and O–H groups in total. The third-order valence-electron chi connectivity index (χ3n) is 6.57. The van der Waals surface area contributed by atoms with E-state index in [4.69, 9.17) is 0 Å². The Kier molecular flexibility index (Phi) is 4.53. The standard InChI is InChI=1S/C21H28N2O2/c24-19-10-11-21(23(19)16-17-6-2-1-3-7-17)12-14-22(15-13-21)20(25)18-8-4-5-9-18/h1-3,6-7,18H,4-5,8-16H2. The summed E-state index contributed by atoms with van der Waals surface area (Å²) in [6.07, 6.45) is 8.01. The molecule has 25 heavy (non-hydrogen) atoms. The van der Waals surface area contributed by atoms with Gasteiger partial charge in [-0.15, -0.1) is 0 Å². The predicted octanol–water partition coefficient (Wildman–Crippen LogP) is 3.36. The first kappa shape index (κ1) is 16.6. The molecule has 0 bridgehead atoms. The zero-order valence-electron chi connectivity index (χ0n) is 15.0. The highest BCUT2D eigenvalue weighted by molar-refractivity contribution is 5.81. The van der Waals surface area contributed by atoms with Crippen LogP contribution in [0, 0.1) is 5.92 Å². The van der Waals surface area contributed by atoms with E-state index < -0.39 is 0 Å². The molecule has 1 saturated carbocycles. The Morgan fingerprint density at radius 1 is 1.04 bits per heavy atom. The summed E-state index contributed by atoms with van der Waals surface area (Å²) in [6.45, 7) is 2.33. The summed E-state index contributed by atoms with van der Waals surface area (Å²) in [4.78, 5) is 29.4. The van der Waals surface area contributed by atoms with Gasteiger partial charge in [-0.05, 0) is 37.7 Å². The number of likely N-dealkylation sites (tertiary alicyclic amines) is 2. The fourth-order valence-electron chi connectivity index (χ4n) is 4.99. The lowest BCUT2D eigenvalue weighted by molar-refractivity contribution is -0.139. The molecule has 2 heterocycles. The fraction of sp³-hybridized carbons (Fsp3) is 0.619. The molecule has 4 nitrogen and oxygen atoms in total. The van der Waals surface area contributed by atoms with Crippen LogP contribution in [0.2, 0.25) is 0 Å². The van der Waals surface area contributed by atoms with Gasteiger partial charge >= 0.3 is 0 Å². The zero-order chi connectivity index (χ0) is 17.3. The Bertz CT molecular complexity index is 629. The number of rotatable bonds is 3. The van der Waals surface area contributed by atoms with Crippen molar-refractivity contribution in [2.24, 2.45) is 5.92 Å². The number of carbonyl (C=O) groups is 2. The van der Waals surface area contributed by atoms with Crippen molar-refractivity contribution in [1.29, 1.82) is 0 Å². The van der Waals surface area contributed by atoms with Gasteiger partial charge in [0, 0.05) is 37.5 Å². The SMILES string of the molecule is O=C(C1CCCC1)N1CCC2(CCC(=O)N2Cc2ccccc2)CC1. The maximum absolute atomic E-state index is 12.7. The zero-order valence-corrected chi connectivity index (χ0v) is 15.0. The van der Waals surface area contributed by atoms with Gasteiger partial charge in [-0.2, -0.15) is 0 Å². The average Bonchev–Trinajstić information content (AvgIpc) is 3.28. The molecule has 3 aliphatic rings. The highest BCUT2D eigenvalue weighted by Crippen LogP contribution is 2.40. The molecule has 4 rings (SSSR count). The Morgan fingerprint density at radius 2 is 1.72 bits per heavy atom. The summed E-state index contributed by atoms with van der Waals surface area (Å²) in [5, 5.41) is 0. The van der Waals surface area contributed by atoms with E-state index in [1.54, 1.807) is 0 Å². The Labute approximate surface area is 150 Å². The van der Waals surface area contributed by atoms with Crippen LogP contribution >= 0.6 is 0 Å². The normalized spacial score (nSPS) is 23.6. The van der Waals surface area contributed by atoms with Crippen LogP contribution in [-0.4, -0.2) is 40.2 Å². The van der Waals surface area contributed by atoms with Crippen molar-refractivity contribution in [1.82, 2.24) is 9.80 Å². The third-order valence-corrected chi connectivity index (χ3v) is 6.57. The molecule has 0 unspecified atom stereocenters. The lowest BCUT2D eigenvalue weighted by atomic mass is 9.84. The number of hydrogen-bond donors (Lipinski definition) is 0. The summed E-state index contributed by atoms with van der Waals surface area (Å²) in [5.41, 5.74) is 1.17. The van der Waals surface area contributed by atoms with Gasteiger partial charge in [0.25, 0.3) is 0 Å². The monoisotopic (exact) mass is 340 g/mol. The van der Waals surface area contributed by atoms with Crippen LogP contribution in [0.25, 0.3) is 0 Å². The first-order valence-corrected chi connectivity index (χ1v) is 9.81. The van der Waals surface area contributed by atoms with Crippen LogP contribution in [0.4, 0.5) is 0 Å². The molecule has 0 atom stereocenters. The largest absolute Gasteiger partial charge is 0.342 e. The second-order valence-electron chi connectivity index (χ2n) is 8.00. The van der Waals surface area contributed by atoms with Gasteiger partial charge in [-0.1, -0.05) is 43.2 Å². The number of hydrogen-bond acceptors (Lipinski definition) is 2. The molecule has 0 radical (unpaired) electrons. The lowest BCUT2D eigenvalue weighted by Crippen LogP contribution is -2.54. The van der Waals surface area contributed by atoms with Crippen LogP contribution in [-0.2, 0) is 16.1 Å². The van der Waals surface area contributed by atoms with Gasteiger partial charge in [0.1, 0.15) is 0 Å². The van der Waals surface area contributed by atoms with Crippen molar-refractivity contribution in [2.45, 2.75) is 63.5 Å². The third kappa shape index (κ3) is 3.19. The van der Waals surface area contributed by atoms with E-state index in [0.717, 1.165) is 45.2 Å². The van der Waals surface area contributed by atoms with E-state index in [1.807, 2.05) is 18.2 Å². The smallest absolute Gasteiger partial charge is 0.225 e. The first-order chi connectivity index (χ1) is 12.2. The van der Waals surface area contributed by atoms with Gasteiger partial charge in [-0.3, -0.25) is 9.59 Å². The van der Waals surface area contributed by atoms with E-state index in [1.165, 1.54) is 18.4 Å². The van der Waals surface area contributed by atoms with Crippen LogP contribution in [0.3, 0.4) is 0 Å². The molecule has 1 aromatic rings. The van der Waals surface area contributed by atoms with Crippen molar-refractivity contribution in [3.05, 3.63) is 35.9 Å². The first-order valence-electron chi connectivity index (χ1n) is 9.81. The van der Waals surface area contributed by atoms with Crippen molar-refractivity contribution in [3.63, 3.8) is 0 Å². The highest BCUT2D eigenvalue weighted by atomic mass is 16.2. The van der Waals surface area contributed by atoms with Crippen molar-refractivity contribution >= 4 is 11.8 Å². The highest BCUT2D eigenvalue weighted by Gasteiger charge is 2.47. The summed E-state index contributed by atoms with van der Waals surface area (Å²) in [5.74, 6) is 0.908. The molecule has 1 aromatic carbocycles. The molecule has 2 amide bonds. The molecule has 1 spiro atoms. The number of carbonyl (C=O) groups excluding carboxylic acids is 2. The van der Waals surface area contributed by atoms with Gasteiger partial charge < -0.3 is 9.80 Å². The van der Waals surface area contributed by atoms with Gasteiger partial charge in [0.2, 0.25) is 11.8 Å². The van der Waals surface area contributed by atoms with E-state index in [0.29, 0.717) is 18.9 Å². The topological polar surface area (TPSA) is 40.6 Å². The molecule has 0 aromatic heterocycles.